The largest absolute Gasteiger partial charge is 0.240 e. The van der Waals surface area contributed by atoms with E-state index in [0.717, 1.165) is 22.7 Å². The van der Waals surface area contributed by atoms with E-state index in [0.29, 0.717) is 0 Å². The van der Waals surface area contributed by atoms with Crippen molar-refractivity contribution in [1.29, 1.82) is 5.26 Å². The van der Waals surface area contributed by atoms with Gasteiger partial charge in [-0.3, -0.25) is 0 Å². The molecule has 0 fully saturated rings. The summed E-state index contributed by atoms with van der Waals surface area (Å²) in [5.41, 5.74) is 2.01. The number of aromatic nitrogens is 1. The van der Waals surface area contributed by atoms with Crippen LogP contribution in [0.3, 0.4) is 0 Å². The smallest absolute Gasteiger partial charge is 0.123 e. The quantitative estimate of drug-likeness (QED) is 0.800. The van der Waals surface area contributed by atoms with E-state index in [4.69, 9.17) is 5.26 Å². The normalized spacial score (nSPS) is 12.0. The number of nitrogens with zero attached hydrogens (tertiary/aromatic N) is 2. The zero-order valence-electron chi connectivity index (χ0n) is 9.05. The van der Waals surface area contributed by atoms with Crippen LogP contribution in [0.4, 0.5) is 0 Å². The lowest BCUT2D eigenvalue weighted by Crippen LogP contribution is -1.93. The van der Waals surface area contributed by atoms with Crippen molar-refractivity contribution in [3.8, 4) is 16.6 Å². The second kappa shape index (κ2) is 4.91. The summed E-state index contributed by atoms with van der Waals surface area (Å²) in [6, 6.07) is 12.3. The van der Waals surface area contributed by atoms with Crippen molar-refractivity contribution in [2.45, 2.75) is 19.3 Å². The number of hydrogen-bond donors (Lipinski definition) is 0. The van der Waals surface area contributed by atoms with Crippen molar-refractivity contribution in [2.24, 2.45) is 0 Å². The maximum Gasteiger partial charge on any atom is 0.123 e. The van der Waals surface area contributed by atoms with E-state index < -0.39 is 0 Å². The van der Waals surface area contributed by atoms with Crippen LogP contribution in [0.25, 0.3) is 10.6 Å². The van der Waals surface area contributed by atoms with Crippen molar-refractivity contribution in [1.82, 2.24) is 4.98 Å². The Morgan fingerprint density at radius 3 is 2.75 bits per heavy atom. The molecule has 1 unspecified atom stereocenters. The summed E-state index contributed by atoms with van der Waals surface area (Å²) in [5.74, 6) is -0.0753. The molecule has 0 aliphatic rings. The lowest BCUT2D eigenvalue weighted by molar-refractivity contribution is 0.795. The molecule has 1 aromatic carbocycles. The van der Waals surface area contributed by atoms with E-state index in [1.54, 1.807) is 11.3 Å². The summed E-state index contributed by atoms with van der Waals surface area (Å²) in [7, 11) is 0. The summed E-state index contributed by atoms with van der Waals surface area (Å²) >= 11 is 1.60. The molecule has 16 heavy (non-hydrogen) atoms. The van der Waals surface area contributed by atoms with Crippen LogP contribution in [0.1, 0.15) is 25.0 Å². The zero-order valence-corrected chi connectivity index (χ0v) is 9.87. The minimum absolute atomic E-state index is 0.0753. The molecule has 0 spiro atoms. The first-order valence-electron chi connectivity index (χ1n) is 5.25. The molecule has 0 aliphatic carbocycles. The maximum atomic E-state index is 8.97. The zero-order chi connectivity index (χ0) is 11.4. The van der Waals surface area contributed by atoms with Crippen LogP contribution in [0.5, 0.6) is 0 Å². The number of hydrogen-bond acceptors (Lipinski definition) is 3. The van der Waals surface area contributed by atoms with E-state index in [1.165, 1.54) is 0 Å². The van der Waals surface area contributed by atoms with Gasteiger partial charge in [0.05, 0.1) is 17.7 Å². The molecule has 0 amide bonds. The first-order chi connectivity index (χ1) is 7.85. The highest BCUT2D eigenvalue weighted by Gasteiger charge is 2.12. The van der Waals surface area contributed by atoms with Gasteiger partial charge in [0.15, 0.2) is 0 Å². The van der Waals surface area contributed by atoms with Crippen LogP contribution in [0, 0.1) is 11.3 Å². The molecular weight excluding hydrogens is 216 g/mol. The van der Waals surface area contributed by atoms with Gasteiger partial charge in [-0.1, -0.05) is 37.3 Å². The topological polar surface area (TPSA) is 36.7 Å². The molecule has 0 saturated carbocycles. The Morgan fingerprint density at radius 2 is 2.12 bits per heavy atom. The summed E-state index contributed by atoms with van der Waals surface area (Å²) < 4.78 is 0. The summed E-state index contributed by atoms with van der Waals surface area (Å²) in [6.45, 7) is 2.01. The molecule has 0 bridgehead atoms. The van der Waals surface area contributed by atoms with Crippen LogP contribution in [0.2, 0.25) is 0 Å². The van der Waals surface area contributed by atoms with Gasteiger partial charge in [0.25, 0.3) is 0 Å². The van der Waals surface area contributed by atoms with Crippen molar-refractivity contribution in [3.05, 3.63) is 41.4 Å². The predicted octanol–water partition coefficient (Wildman–Crippen LogP) is 3.83. The van der Waals surface area contributed by atoms with Crippen molar-refractivity contribution in [3.63, 3.8) is 0 Å². The van der Waals surface area contributed by atoms with E-state index >= 15 is 0 Å². The minimum Gasteiger partial charge on any atom is -0.240 e. The highest BCUT2D eigenvalue weighted by Crippen LogP contribution is 2.27. The molecule has 2 rings (SSSR count). The molecule has 80 valence electrons. The molecule has 0 radical (unpaired) electrons. The van der Waals surface area contributed by atoms with Crippen molar-refractivity contribution >= 4 is 11.3 Å². The first kappa shape index (κ1) is 10.8. The average molecular weight is 228 g/mol. The van der Waals surface area contributed by atoms with E-state index in [1.807, 2.05) is 42.6 Å². The third-order valence-electron chi connectivity index (χ3n) is 2.46. The van der Waals surface area contributed by atoms with Gasteiger partial charge in [-0.05, 0) is 6.42 Å². The highest BCUT2D eigenvalue weighted by molar-refractivity contribution is 7.13. The van der Waals surface area contributed by atoms with Crippen LogP contribution in [-0.4, -0.2) is 4.98 Å². The molecule has 0 aliphatic heterocycles. The Morgan fingerprint density at radius 1 is 1.38 bits per heavy atom. The molecule has 1 heterocycles. The molecule has 3 heteroatoms. The van der Waals surface area contributed by atoms with Crippen LogP contribution in [0.15, 0.2) is 35.7 Å². The Bertz CT molecular complexity index is 496. The minimum atomic E-state index is -0.0753. The molecule has 1 atom stereocenters. The molecule has 2 aromatic rings. The van der Waals surface area contributed by atoms with Gasteiger partial charge < -0.3 is 0 Å². The van der Waals surface area contributed by atoms with Gasteiger partial charge in [0, 0.05) is 10.9 Å². The van der Waals surface area contributed by atoms with Gasteiger partial charge in [0.2, 0.25) is 0 Å². The summed E-state index contributed by atoms with van der Waals surface area (Å²) in [4.78, 5) is 4.52. The summed E-state index contributed by atoms with van der Waals surface area (Å²) in [6.07, 6.45) is 0.814. The highest BCUT2D eigenvalue weighted by atomic mass is 32.1. The Balaban J connectivity index is 2.30. The predicted molar refractivity (Wildman–Crippen MR) is 66.2 cm³/mol. The van der Waals surface area contributed by atoms with Gasteiger partial charge in [-0.25, -0.2) is 4.98 Å². The number of benzene rings is 1. The standard InChI is InChI=1S/C13H12N2S/c1-2-10(8-14)12-9-16-13(15-12)11-6-4-3-5-7-11/h3-7,9-10H,2H2,1H3. The Labute approximate surface area is 99.2 Å². The van der Waals surface area contributed by atoms with E-state index in [2.05, 4.69) is 11.1 Å². The number of nitriles is 1. The SMILES string of the molecule is CCC(C#N)c1csc(-c2ccccc2)n1. The van der Waals surface area contributed by atoms with Crippen LogP contribution < -0.4 is 0 Å². The molecule has 2 nitrogen and oxygen atoms in total. The van der Waals surface area contributed by atoms with Crippen molar-refractivity contribution in [2.75, 3.05) is 0 Å². The van der Waals surface area contributed by atoms with Crippen LogP contribution >= 0.6 is 11.3 Å². The number of rotatable bonds is 3. The lowest BCUT2D eigenvalue weighted by atomic mass is 10.1. The molecule has 0 N–H and O–H groups in total. The average Bonchev–Trinajstić information content (AvgIpc) is 2.81. The third kappa shape index (κ3) is 2.12. The summed E-state index contributed by atoms with van der Waals surface area (Å²) in [5, 5.41) is 11.9. The molecule has 1 aromatic heterocycles. The van der Waals surface area contributed by atoms with Gasteiger partial charge >= 0.3 is 0 Å². The Hall–Kier alpha value is -1.66. The lowest BCUT2D eigenvalue weighted by Gasteiger charge is -1.99. The molecule has 0 saturated heterocycles. The van der Waals surface area contributed by atoms with Gasteiger partial charge in [-0.15, -0.1) is 11.3 Å². The van der Waals surface area contributed by atoms with Gasteiger partial charge in [-0.2, -0.15) is 5.26 Å². The van der Waals surface area contributed by atoms with E-state index in [9.17, 15) is 0 Å². The fourth-order valence-corrected chi connectivity index (χ4v) is 2.41. The number of thiazole rings is 1. The third-order valence-corrected chi connectivity index (χ3v) is 3.37. The maximum absolute atomic E-state index is 8.97. The fourth-order valence-electron chi connectivity index (χ4n) is 1.53. The monoisotopic (exact) mass is 228 g/mol. The second-order valence-electron chi connectivity index (χ2n) is 3.53. The first-order valence-corrected chi connectivity index (χ1v) is 6.13. The van der Waals surface area contributed by atoms with E-state index in [-0.39, 0.29) is 5.92 Å². The van der Waals surface area contributed by atoms with Gasteiger partial charge in [0.1, 0.15) is 5.01 Å². The fraction of sp³-hybridized carbons (Fsp3) is 0.231. The van der Waals surface area contributed by atoms with Crippen LogP contribution in [-0.2, 0) is 0 Å². The Kier molecular flexibility index (Phi) is 3.33. The second-order valence-corrected chi connectivity index (χ2v) is 4.39. The van der Waals surface area contributed by atoms with Crippen molar-refractivity contribution < 1.29 is 0 Å². The molecular formula is C13H12N2S.